The van der Waals surface area contributed by atoms with Gasteiger partial charge in [0.05, 0.1) is 0 Å². The highest BCUT2D eigenvalue weighted by Crippen LogP contribution is 2.48. The van der Waals surface area contributed by atoms with Gasteiger partial charge in [0.1, 0.15) is 0 Å². The Labute approximate surface area is 119 Å². The van der Waals surface area contributed by atoms with Crippen molar-refractivity contribution in [3.63, 3.8) is 0 Å². The van der Waals surface area contributed by atoms with E-state index in [1.807, 2.05) is 11.8 Å². The Balaban J connectivity index is 2.09. The van der Waals surface area contributed by atoms with Crippen molar-refractivity contribution in [2.75, 3.05) is 0 Å². The van der Waals surface area contributed by atoms with Gasteiger partial charge in [0.15, 0.2) is 0 Å². The van der Waals surface area contributed by atoms with E-state index in [4.69, 9.17) is 0 Å². The Morgan fingerprint density at radius 1 is 1.17 bits per heavy atom. The molecule has 1 aliphatic carbocycles. The van der Waals surface area contributed by atoms with E-state index < -0.39 is 0 Å². The lowest BCUT2D eigenvalue weighted by Gasteiger charge is -2.12. The normalized spacial score (nSPS) is 15.1. The monoisotopic (exact) mass is 314 g/mol. The second kappa shape index (κ2) is 3.75. The van der Waals surface area contributed by atoms with Crippen molar-refractivity contribution in [3.05, 3.63) is 51.5 Å². The van der Waals surface area contributed by atoms with E-state index in [-0.39, 0.29) is 0 Å². The van der Waals surface area contributed by atoms with Crippen molar-refractivity contribution in [1.82, 2.24) is 0 Å². The van der Waals surface area contributed by atoms with E-state index in [0.29, 0.717) is 0 Å². The minimum atomic E-state index is 1.08. The highest BCUT2D eigenvalue weighted by atomic mass is 79.9. The molecule has 0 nitrogen and oxygen atoms in total. The quantitative estimate of drug-likeness (QED) is 0.525. The lowest BCUT2D eigenvalue weighted by molar-refractivity contribution is 1.17. The van der Waals surface area contributed by atoms with Crippen LogP contribution in [0.3, 0.4) is 0 Å². The fourth-order valence-electron chi connectivity index (χ4n) is 2.74. The van der Waals surface area contributed by atoms with E-state index in [1.165, 1.54) is 42.1 Å². The summed E-state index contributed by atoms with van der Waals surface area (Å²) in [6, 6.07) is 11.2. The molecule has 0 atom stereocenters. The van der Waals surface area contributed by atoms with Crippen molar-refractivity contribution in [1.29, 1.82) is 0 Å². The van der Waals surface area contributed by atoms with Gasteiger partial charge in [-0.3, -0.25) is 0 Å². The zero-order chi connectivity index (χ0) is 12.3. The molecule has 2 heteroatoms. The van der Waals surface area contributed by atoms with Crippen LogP contribution in [0.15, 0.2) is 50.2 Å². The molecular formula is C16H11BrS. The molecule has 2 aromatic rings. The van der Waals surface area contributed by atoms with Gasteiger partial charge in [-0.1, -0.05) is 51.5 Å². The summed E-state index contributed by atoms with van der Waals surface area (Å²) in [7, 11) is 0. The first kappa shape index (κ1) is 10.9. The van der Waals surface area contributed by atoms with E-state index in [2.05, 4.69) is 59.3 Å². The Bertz CT molecular complexity index is 696. The Hall–Kier alpha value is -0.990. The molecule has 3 aliphatic rings. The highest BCUT2D eigenvalue weighted by molar-refractivity contribution is 9.10. The second-order valence-electron chi connectivity index (χ2n) is 4.92. The number of hydrogen-bond donors (Lipinski definition) is 0. The molecule has 5 rings (SSSR count). The molecule has 0 amide bonds. The van der Waals surface area contributed by atoms with Crippen LogP contribution in [0.25, 0.3) is 17.2 Å². The maximum absolute atomic E-state index is 3.74. The topological polar surface area (TPSA) is 0 Å². The minimum Gasteiger partial charge on any atom is -0.0888 e. The van der Waals surface area contributed by atoms with Crippen LogP contribution in [0.1, 0.15) is 18.1 Å². The SMILES string of the molecule is CC1=Cc2c(c(Br)cc3c2Sc2ccc-3cc2)C1. The summed E-state index contributed by atoms with van der Waals surface area (Å²) in [6.07, 6.45) is 3.42. The van der Waals surface area contributed by atoms with Gasteiger partial charge in [-0.2, -0.15) is 0 Å². The Morgan fingerprint density at radius 2 is 1.94 bits per heavy atom. The van der Waals surface area contributed by atoms with Gasteiger partial charge in [-0.15, -0.1) is 0 Å². The smallest absolute Gasteiger partial charge is 0.0276 e. The summed E-state index contributed by atoms with van der Waals surface area (Å²) >= 11 is 5.63. The molecule has 0 radical (unpaired) electrons. The minimum absolute atomic E-state index is 1.08. The van der Waals surface area contributed by atoms with Crippen LogP contribution in [0.5, 0.6) is 0 Å². The molecule has 88 valence electrons. The third-order valence-electron chi connectivity index (χ3n) is 3.61. The number of hydrogen-bond acceptors (Lipinski definition) is 1. The standard InChI is InChI=1S/C16H11BrS/c1-9-6-13-14(7-9)16-12(8-15(13)17)10-2-4-11(18-16)5-3-10/h2-5,7-8H,6H2,1H3. The number of rotatable bonds is 0. The second-order valence-corrected chi connectivity index (χ2v) is 6.86. The van der Waals surface area contributed by atoms with Crippen molar-refractivity contribution >= 4 is 33.8 Å². The number of halogens is 1. The molecule has 18 heavy (non-hydrogen) atoms. The summed E-state index contributed by atoms with van der Waals surface area (Å²) in [5.74, 6) is 0. The molecule has 2 bridgehead atoms. The van der Waals surface area contributed by atoms with Crippen LogP contribution in [-0.4, -0.2) is 0 Å². The van der Waals surface area contributed by atoms with Crippen LogP contribution in [0.2, 0.25) is 0 Å². The molecule has 2 heterocycles. The number of fused-ring (bicyclic) bond motifs is 3. The number of allylic oxidation sites excluding steroid dienone is 1. The first-order valence-electron chi connectivity index (χ1n) is 6.03. The van der Waals surface area contributed by atoms with Crippen molar-refractivity contribution in [2.45, 2.75) is 23.1 Å². The zero-order valence-electron chi connectivity index (χ0n) is 9.96. The van der Waals surface area contributed by atoms with E-state index in [1.54, 1.807) is 0 Å². The Kier molecular flexibility index (Phi) is 2.27. The molecule has 0 N–H and O–H groups in total. The maximum Gasteiger partial charge on any atom is 0.0276 e. The highest BCUT2D eigenvalue weighted by Gasteiger charge is 2.23. The van der Waals surface area contributed by atoms with E-state index in [0.717, 1.165) is 6.42 Å². The Morgan fingerprint density at radius 3 is 2.72 bits per heavy atom. The van der Waals surface area contributed by atoms with Crippen LogP contribution in [0, 0.1) is 0 Å². The molecule has 0 saturated heterocycles. The molecule has 2 aliphatic heterocycles. The molecule has 0 unspecified atom stereocenters. The molecule has 0 fully saturated rings. The predicted molar refractivity (Wildman–Crippen MR) is 81.1 cm³/mol. The lowest BCUT2D eigenvalue weighted by atomic mass is 10.0. The molecule has 0 aromatic heterocycles. The van der Waals surface area contributed by atoms with E-state index >= 15 is 0 Å². The van der Waals surface area contributed by atoms with Crippen LogP contribution in [-0.2, 0) is 6.42 Å². The van der Waals surface area contributed by atoms with E-state index in [9.17, 15) is 0 Å². The predicted octanol–water partition coefficient (Wildman–Crippen LogP) is 5.54. The average Bonchev–Trinajstić information content (AvgIpc) is 2.58. The van der Waals surface area contributed by atoms with Gasteiger partial charge in [-0.05, 0) is 53.8 Å². The molecule has 2 aromatic carbocycles. The van der Waals surface area contributed by atoms with Crippen LogP contribution >= 0.6 is 27.7 Å². The van der Waals surface area contributed by atoms with Gasteiger partial charge < -0.3 is 0 Å². The summed E-state index contributed by atoms with van der Waals surface area (Å²) in [5, 5.41) is 0. The zero-order valence-corrected chi connectivity index (χ0v) is 12.4. The largest absolute Gasteiger partial charge is 0.0888 e. The summed E-state index contributed by atoms with van der Waals surface area (Å²) in [6.45, 7) is 2.21. The van der Waals surface area contributed by atoms with Crippen LogP contribution < -0.4 is 0 Å². The number of benzene rings is 2. The molecular weight excluding hydrogens is 304 g/mol. The molecule has 0 spiro atoms. The fraction of sp³-hybridized carbons (Fsp3) is 0.125. The summed E-state index contributed by atoms with van der Waals surface area (Å²) < 4.78 is 1.25. The average molecular weight is 315 g/mol. The third kappa shape index (κ3) is 1.45. The lowest BCUT2D eigenvalue weighted by Crippen LogP contribution is -1.91. The van der Waals surface area contributed by atoms with Gasteiger partial charge in [0, 0.05) is 14.3 Å². The first-order valence-corrected chi connectivity index (χ1v) is 7.64. The van der Waals surface area contributed by atoms with Gasteiger partial charge >= 0.3 is 0 Å². The van der Waals surface area contributed by atoms with Crippen molar-refractivity contribution in [2.24, 2.45) is 0 Å². The fourth-order valence-corrected chi connectivity index (χ4v) is 4.41. The maximum atomic E-state index is 3.74. The van der Waals surface area contributed by atoms with Crippen LogP contribution in [0.4, 0.5) is 0 Å². The van der Waals surface area contributed by atoms with Crippen molar-refractivity contribution in [3.8, 4) is 11.1 Å². The summed E-state index contributed by atoms with van der Waals surface area (Å²) in [5.41, 5.74) is 6.99. The third-order valence-corrected chi connectivity index (χ3v) is 5.46. The first-order chi connectivity index (χ1) is 8.72. The van der Waals surface area contributed by atoms with Gasteiger partial charge in [0.2, 0.25) is 0 Å². The van der Waals surface area contributed by atoms with Gasteiger partial charge in [0.25, 0.3) is 0 Å². The van der Waals surface area contributed by atoms with Gasteiger partial charge in [-0.25, -0.2) is 0 Å². The molecule has 0 saturated carbocycles. The van der Waals surface area contributed by atoms with Crippen molar-refractivity contribution < 1.29 is 0 Å². The summed E-state index contributed by atoms with van der Waals surface area (Å²) in [4.78, 5) is 2.75.